The Morgan fingerprint density at radius 2 is 0.730 bits per heavy atom. The van der Waals surface area contributed by atoms with E-state index >= 15 is 0 Å². The zero-order chi connectivity index (χ0) is 24.8. The fraction of sp³-hybridized carbons (Fsp3) is 0.0270. The molecule has 0 saturated heterocycles. The zero-order valence-corrected chi connectivity index (χ0v) is 20.8. The highest BCUT2D eigenvalue weighted by Gasteiger charge is 2.16. The molecule has 0 amide bonds. The second-order valence-electron chi connectivity index (χ2n) is 9.85. The maximum Gasteiger partial charge on any atom is -0.00262 e. The third-order valence-electron chi connectivity index (χ3n) is 7.53. The highest BCUT2D eigenvalue weighted by molar-refractivity contribution is 6.21. The van der Waals surface area contributed by atoms with E-state index < -0.39 is 0 Å². The first-order valence-corrected chi connectivity index (χ1v) is 12.9. The molecule has 0 atom stereocenters. The summed E-state index contributed by atoms with van der Waals surface area (Å²) >= 11 is 0. The van der Waals surface area contributed by atoms with Gasteiger partial charge in [-0.2, -0.15) is 0 Å². The largest absolute Gasteiger partial charge is 0.0616 e. The highest BCUT2D eigenvalue weighted by Crippen LogP contribution is 2.44. The summed E-state index contributed by atoms with van der Waals surface area (Å²) in [7, 11) is 0. The van der Waals surface area contributed by atoms with Gasteiger partial charge in [0.2, 0.25) is 0 Å². The molecule has 0 aliphatic carbocycles. The van der Waals surface area contributed by atoms with E-state index in [1.165, 1.54) is 71.3 Å². The number of rotatable bonds is 3. The fourth-order valence-electron chi connectivity index (χ4n) is 5.67. The summed E-state index contributed by atoms with van der Waals surface area (Å²) in [6.45, 7) is 2.13. The molecule has 0 heteroatoms. The Morgan fingerprint density at radius 3 is 1.30 bits per heavy atom. The van der Waals surface area contributed by atoms with Gasteiger partial charge in [-0.15, -0.1) is 0 Å². The SMILES string of the molecule is Cc1ccc(-c2ccc(-c3c4ccccc4c(-c4ccc5ccccc5c4)c4ccccc34)cc2)cc1. The molecule has 0 radical (unpaired) electrons. The first kappa shape index (κ1) is 21.6. The molecule has 0 fully saturated rings. The van der Waals surface area contributed by atoms with Crippen molar-refractivity contribution in [1.29, 1.82) is 0 Å². The first-order valence-electron chi connectivity index (χ1n) is 12.9. The van der Waals surface area contributed by atoms with E-state index in [4.69, 9.17) is 0 Å². The summed E-state index contributed by atoms with van der Waals surface area (Å²) in [6.07, 6.45) is 0. The Hall–Kier alpha value is -4.68. The van der Waals surface area contributed by atoms with Gasteiger partial charge in [-0.1, -0.05) is 139 Å². The molecule has 0 aliphatic rings. The molecule has 174 valence electrons. The summed E-state index contributed by atoms with van der Waals surface area (Å²) in [4.78, 5) is 0. The molecular formula is C37H26. The second-order valence-corrected chi connectivity index (χ2v) is 9.85. The summed E-state index contributed by atoms with van der Waals surface area (Å²) in [6, 6.07) is 51.0. The van der Waals surface area contributed by atoms with Crippen molar-refractivity contribution in [3.8, 4) is 33.4 Å². The molecule has 0 nitrogen and oxygen atoms in total. The maximum atomic E-state index is 2.33. The number of aryl methyl sites for hydroxylation is 1. The van der Waals surface area contributed by atoms with Gasteiger partial charge in [0.05, 0.1) is 0 Å². The van der Waals surface area contributed by atoms with Gasteiger partial charge in [0, 0.05) is 0 Å². The number of hydrogen-bond donors (Lipinski definition) is 0. The smallest absolute Gasteiger partial charge is 0.00262 e. The van der Waals surface area contributed by atoms with E-state index in [1.807, 2.05) is 0 Å². The first-order chi connectivity index (χ1) is 18.3. The van der Waals surface area contributed by atoms with Crippen molar-refractivity contribution >= 4 is 32.3 Å². The molecule has 7 rings (SSSR count). The number of hydrogen-bond acceptors (Lipinski definition) is 0. The minimum atomic E-state index is 1.24. The molecule has 0 N–H and O–H groups in total. The summed E-state index contributed by atoms with van der Waals surface area (Å²) in [5, 5.41) is 7.68. The molecule has 7 aromatic carbocycles. The second kappa shape index (κ2) is 8.76. The third-order valence-corrected chi connectivity index (χ3v) is 7.53. The van der Waals surface area contributed by atoms with Crippen LogP contribution in [0.3, 0.4) is 0 Å². The summed E-state index contributed by atoms with van der Waals surface area (Å²) in [5.74, 6) is 0. The van der Waals surface area contributed by atoms with E-state index in [1.54, 1.807) is 0 Å². The van der Waals surface area contributed by atoms with Crippen molar-refractivity contribution < 1.29 is 0 Å². The Bertz CT molecular complexity index is 1850. The molecule has 0 unspecified atom stereocenters. The third kappa shape index (κ3) is 3.70. The van der Waals surface area contributed by atoms with Crippen molar-refractivity contribution in [2.24, 2.45) is 0 Å². The predicted octanol–water partition coefficient (Wildman–Crippen LogP) is 10.5. The van der Waals surface area contributed by atoms with Crippen LogP contribution in [0.2, 0.25) is 0 Å². The van der Waals surface area contributed by atoms with Crippen LogP contribution in [0.15, 0.2) is 140 Å². The van der Waals surface area contributed by atoms with Gasteiger partial charge >= 0.3 is 0 Å². The van der Waals surface area contributed by atoms with Crippen molar-refractivity contribution in [3.05, 3.63) is 145 Å². The van der Waals surface area contributed by atoms with E-state index in [0.29, 0.717) is 0 Å². The minimum Gasteiger partial charge on any atom is -0.0616 e. The average Bonchev–Trinajstić information content (AvgIpc) is 2.96. The normalized spacial score (nSPS) is 11.4. The van der Waals surface area contributed by atoms with Crippen molar-refractivity contribution in [2.45, 2.75) is 6.92 Å². The lowest BCUT2D eigenvalue weighted by atomic mass is 9.85. The van der Waals surface area contributed by atoms with Gasteiger partial charge in [0.15, 0.2) is 0 Å². The van der Waals surface area contributed by atoms with Crippen LogP contribution in [0.1, 0.15) is 5.56 Å². The van der Waals surface area contributed by atoms with Crippen molar-refractivity contribution in [1.82, 2.24) is 0 Å². The molecule has 37 heavy (non-hydrogen) atoms. The van der Waals surface area contributed by atoms with E-state index in [9.17, 15) is 0 Å². The van der Waals surface area contributed by atoms with Crippen LogP contribution in [0.4, 0.5) is 0 Å². The highest BCUT2D eigenvalue weighted by atomic mass is 14.2. The average molecular weight is 471 g/mol. The maximum absolute atomic E-state index is 2.33. The van der Waals surface area contributed by atoms with Crippen molar-refractivity contribution in [2.75, 3.05) is 0 Å². The van der Waals surface area contributed by atoms with Crippen LogP contribution in [0.5, 0.6) is 0 Å². The molecule has 0 heterocycles. The Balaban J connectivity index is 1.48. The molecule has 0 saturated carbocycles. The Morgan fingerprint density at radius 1 is 0.324 bits per heavy atom. The monoisotopic (exact) mass is 470 g/mol. The zero-order valence-electron chi connectivity index (χ0n) is 20.8. The van der Waals surface area contributed by atoms with Crippen molar-refractivity contribution in [3.63, 3.8) is 0 Å². The predicted molar refractivity (Wildman–Crippen MR) is 160 cm³/mol. The molecule has 0 spiro atoms. The quantitative estimate of drug-likeness (QED) is 0.225. The standard InChI is InChI=1S/C37H26/c1-25-14-16-27(17-15-25)28-18-21-29(22-19-28)36-32-10-4-6-12-34(32)37(35-13-7-5-11-33(35)36)31-23-20-26-8-2-3-9-30(26)24-31/h2-24H,1H3. The molecule has 0 aliphatic heterocycles. The minimum absolute atomic E-state index is 1.24. The lowest BCUT2D eigenvalue weighted by molar-refractivity contribution is 1.47. The lowest BCUT2D eigenvalue weighted by Crippen LogP contribution is -1.91. The molecular weight excluding hydrogens is 444 g/mol. The van der Waals surface area contributed by atoms with E-state index in [0.717, 1.165) is 0 Å². The molecule has 0 bridgehead atoms. The van der Waals surface area contributed by atoms with E-state index in [-0.39, 0.29) is 0 Å². The summed E-state index contributed by atoms with van der Waals surface area (Å²) in [5.41, 5.74) is 8.87. The Labute approximate surface area is 217 Å². The van der Waals surface area contributed by atoms with Crippen LogP contribution < -0.4 is 0 Å². The van der Waals surface area contributed by atoms with Gasteiger partial charge in [-0.3, -0.25) is 0 Å². The van der Waals surface area contributed by atoms with Crippen LogP contribution in [0, 0.1) is 6.92 Å². The van der Waals surface area contributed by atoms with Crippen LogP contribution in [-0.2, 0) is 0 Å². The van der Waals surface area contributed by atoms with Crippen LogP contribution >= 0.6 is 0 Å². The number of benzene rings is 7. The Kier molecular flexibility index (Phi) is 5.11. The van der Waals surface area contributed by atoms with Gasteiger partial charge in [-0.05, 0) is 78.7 Å². The molecule has 7 aromatic rings. The van der Waals surface area contributed by atoms with Crippen LogP contribution in [0.25, 0.3) is 65.7 Å². The van der Waals surface area contributed by atoms with Crippen LogP contribution in [-0.4, -0.2) is 0 Å². The van der Waals surface area contributed by atoms with Gasteiger partial charge in [0.25, 0.3) is 0 Å². The number of fused-ring (bicyclic) bond motifs is 3. The fourth-order valence-corrected chi connectivity index (χ4v) is 5.67. The van der Waals surface area contributed by atoms with E-state index in [2.05, 4.69) is 146 Å². The van der Waals surface area contributed by atoms with Gasteiger partial charge in [0.1, 0.15) is 0 Å². The molecule has 0 aromatic heterocycles. The van der Waals surface area contributed by atoms with Gasteiger partial charge in [-0.25, -0.2) is 0 Å². The summed E-state index contributed by atoms with van der Waals surface area (Å²) < 4.78 is 0. The van der Waals surface area contributed by atoms with Gasteiger partial charge < -0.3 is 0 Å². The topological polar surface area (TPSA) is 0 Å². The lowest BCUT2D eigenvalue weighted by Gasteiger charge is -2.18.